The van der Waals surface area contributed by atoms with Gasteiger partial charge in [0.15, 0.2) is 0 Å². The van der Waals surface area contributed by atoms with Crippen molar-refractivity contribution in [1.82, 2.24) is 4.98 Å². The minimum Gasteiger partial charge on any atom is -0.396 e. The first kappa shape index (κ1) is 16.4. The molecular weight excluding hydrogens is 320 g/mol. The summed E-state index contributed by atoms with van der Waals surface area (Å²) in [7, 11) is 0. The minimum absolute atomic E-state index is 0.127. The Balaban J connectivity index is 1.43. The van der Waals surface area contributed by atoms with E-state index in [0.717, 1.165) is 54.1 Å². The number of thioether (sulfide) groups is 1. The Morgan fingerprint density at radius 2 is 1.92 bits per heavy atom. The van der Waals surface area contributed by atoms with Gasteiger partial charge >= 0.3 is 0 Å². The van der Waals surface area contributed by atoms with Gasteiger partial charge in [0.1, 0.15) is 5.82 Å². The van der Waals surface area contributed by atoms with E-state index in [-0.39, 0.29) is 17.9 Å². The molecule has 1 amide bonds. The van der Waals surface area contributed by atoms with Gasteiger partial charge in [-0.05, 0) is 74.0 Å². The summed E-state index contributed by atoms with van der Waals surface area (Å²) in [4.78, 5) is 17.4. The number of hydrogen-bond acceptors (Lipinski definition) is 4. The molecular formula is C19H26N2O2S. The lowest BCUT2D eigenvalue weighted by molar-refractivity contribution is -0.140. The van der Waals surface area contributed by atoms with Crippen molar-refractivity contribution in [1.29, 1.82) is 0 Å². The number of aliphatic hydroxyl groups is 1. The van der Waals surface area contributed by atoms with Gasteiger partial charge in [-0.3, -0.25) is 4.79 Å². The van der Waals surface area contributed by atoms with E-state index < -0.39 is 0 Å². The molecule has 4 aliphatic carbocycles. The van der Waals surface area contributed by atoms with Crippen molar-refractivity contribution in [2.75, 3.05) is 17.7 Å². The first-order chi connectivity index (χ1) is 11.7. The number of anilines is 1. The zero-order valence-corrected chi connectivity index (χ0v) is 14.9. The largest absolute Gasteiger partial charge is 0.396 e. The zero-order valence-electron chi connectivity index (χ0n) is 14.0. The van der Waals surface area contributed by atoms with Crippen molar-refractivity contribution >= 4 is 23.5 Å². The summed E-state index contributed by atoms with van der Waals surface area (Å²) < 4.78 is 0. The van der Waals surface area contributed by atoms with Crippen LogP contribution in [0.25, 0.3) is 0 Å². The van der Waals surface area contributed by atoms with Crippen LogP contribution in [0.4, 0.5) is 5.82 Å². The monoisotopic (exact) mass is 346 g/mol. The van der Waals surface area contributed by atoms with E-state index in [1.807, 2.05) is 12.1 Å². The predicted molar refractivity (Wildman–Crippen MR) is 96.7 cm³/mol. The maximum absolute atomic E-state index is 13.0. The number of nitrogens with zero attached hydrogens (tertiary/aromatic N) is 1. The standard InChI is InChI=1S/C19H26N2O2S/c22-3-4-24-12-13-1-2-20-17(8-13)21-18(23)19-9-14-5-15(10-19)7-16(6-14)11-19/h1-2,8,14-16,22H,3-7,9-12H2,(H,20,21,23). The Labute approximate surface area is 147 Å². The van der Waals surface area contributed by atoms with Crippen molar-refractivity contribution in [3.05, 3.63) is 23.9 Å². The van der Waals surface area contributed by atoms with Crippen LogP contribution in [-0.2, 0) is 10.5 Å². The quantitative estimate of drug-likeness (QED) is 0.774. The molecule has 0 aromatic carbocycles. The van der Waals surface area contributed by atoms with Crippen LogP contribution in [0, 0.1) is 23.2 Å². The van der Waals surface area contributed by atoms with Crippen molar-refractivity contribution in [3.63, 3.8) is 0 Å². The summed E-state index contributed by atoms with van der Waals surface area (Å²) in [6, 6.07) is 3.95. The van der Waals surface area contributed by atoms with Crippen molar-refractivity contribution in [2.45, 2.75) is 44.3 Å². The van der Waals surface area contributed by atoms with Gasteiger partial charge in [-0.1, -0.05) is 0 Å². The number of aromatic nitrogens is 1. The lowest BCUT2D eigenvalue weighted by Crippen LogP contribution is -2.51. The second-order valence-corrected chi connectivity index (χ2v) is 9.08. The highest BCUT2D eigenvalue weighted by molar-refractivity contribution is 7.98. The predicted octanol–water partition coefficient (Wildman–Crippen LogP) is 3.46. The molecule has 1 heterocycles. The highest BCUT2D eigenvalue weighted by Crippen LogP contribution is 2.60. The molecule has 0 aliphatic heterocycles. The Hall–Kier alpha value is -1.07. The maximum atomic E-state index is 13.0. The van der Waals surface area contributed by atoms with Crippen LogP contribution in [0.2, 0.25) is 0 Å². The number of rotatable bonds is 6. The summed E-state index contributed by atoms with van der Waals surface area (Å²) in [5.41, 5.74) is 1.02. The molecule has 24 heavy (non-hydrogen) atoms. The first-order valence-corrected chi connectivity index (χ1v) is 10.3. The van der Waals surface area contributed by atoms with Crippen LogP contribution < -0.4 is 5.32 Å². The Morgan fingerprint density at radius 3 is 2.54 bits per heavy atom. The van der Waals surface area contributed by atoms with Gasteiger partial charge in [-0.15, -0.1) is 0 Å². The van der Waals surface area contributed by atoms with Crippen LogP contribution in [0.3, 0.4) is 0 Å². The number of nitrogens with one attached hydrogen (secondary N) is 1. The summed E-state index contributed by atoms with van der Waals surface area (Å²) in [5.74, 6) is 4.77. The fourth-order valence-electron chi connectivity index (χ4n) is 5.52. The number of aliphatic hydroxyl groups excluding tert-OH is 1. The molecule has 4 nitrogen and oxygen atoms in total. The topological polar surface area (TPSA) is 62.2 Å². The molecule has 0 radical (unpaired) electrons. The van der Waals surface area contributed by atoms with Crippen molar-refractivity contribution in [3.8, 4) is 0 Å². The summed E-state index contributed by atoms with van der Waals surface area (Å²) in [6.07, 6.45) is 9.06. The van der Waals surface area contributed by atoms with Crippen molar-refractivity contribution in [2.24, 2.45) is 23.2 Å². The van der Waals surface area contributed by atoms with Crippen LogP contribution in [0.1, 0.15) is 44.1 Å². The lowest BCUT2D eigenvalue weighted by Gasteiger charge is -2.55. The highest BCUT2D eigenvalue weighted by atomic mass is 32.2. The lowest BCUT2D eigenvalue weighted by atomic mass is 9.49. The third-order valence-corrected chi connectivity index (χ3v) is 7.10. The third kappa shape index (κ3) is 3.21. The Bertz CT molecular complexity index is 584. The molecule has 0 saturated heterocycles. The molecule has 0 spiro atoms. The SMILES string of the molecule is O=C(Nc1cc(CSCCO)ccn1)C12CC3CC(CC(C3)C1)C2. The molecule has 4 fully saturated rings. The average Bonchev–Trinajstić information content (AvgIpc) is 2.54. The average molecular weight is 346 g/mol. The second-order valence-electron chi connectivity index (χ2n) is 7.98. The molecule has 4 bridgehead atoms. The summed E-state index contributed by atoms with van der Waals surface area (Å²) >= 11 is 1.69. The summed E-state index contributed by atoms with van der Waals surface area (Å²) in [5, 5.41) is 12.0. The maximum Gasteiger partial charge on any atom is 0.231 e. The van der Waals surface area contributed by atoms with E-state index in [4.69, 9.17) is 5.11 Å². The van der Waals surface area contributed by atoms with E-state index in [1.165, 1.54) is 19.3 Å². The fourth-order valence-corrected chi connectivity index (χ4v) is 6.21. The van der Waals surface area contributed by atoms with E-state index in [1.54, 1.807) is 18.0 Å². The first-order valence-electron chi connectivity index (χ1n) is 9.12. The normalized spacial score (nSPS) is 33.6. The molecule has 5 rings (SSSR count). The minimum atomic E-state index is -0.127. The summed E-state index contributed by atoms with van der Waals surface area (Å²) in [6.45, 7) is 0.200. The Kier molecular flexibility index (Phi) is 4.56. The molecule has 4 saturated carbocycles. The van der Waals surface area contributed by atoms with Gasteiger partial charge in [-0.2, -0.15) is 11.8 Å². The smallest absolute Gasteiger partial charge is 0.231 e. The van der Waals surface area contributed by atoms with Gasteiger partial charge in [0, 0.05) is 17.7 Å². The molecule has 4 aliphatic rings. The molecule has 0 atom stereocenters. The molecule has 0 unspecified atom stereocenters. The van der Waals surface area contributed by atoms with Gasteiger partial charge in [0.05, 0.1) is 12.0 Å². The van der Waals surface area contributed by atoms with Crippen LogP contribution in [-0.4, -0.2) is 28.4 Å². The van der Waals surface area contributed by atoms with Gasteiger partial charge in [0.25, 0.3) is 0 Å². The number of amides is 1. The highest BCUT2D eigenvalue weighted by Gasteiger charge is 2.54. The number of pyridine rings is 1. The third-order valence-electron chi connectivity index (χ3n) is 6.09. The molecule has 1 aromatic rings. The molecule has 2 N–H and O–H groups in total. The zero-order chi connectivity index (χ0) is 16.6. The van der Waals surface area contributed by atoms with E-state index in [2.05, 4.69) is 10.3 Å². The number of carbonyl (C=O) groups is 1. The van der Waals surface area contributed by atoms with Gasteiger partial charge in [-0.25, -0.2) is 4.98 Å². The molecule has 130 valence electrons. The fraction of sp³-hybridized carbons (Fsp3) is 0.684. The second kappa shape index (κ2) is 6.68. The molecule has 5 heteroatoms. The van der Waals surface area contributed by atoms with Crippen LogP contribution >= 0.6 is 11.8 Å². The van der Waals surface area contributed by atoms with Crippen LogP contribution in [0.5, 0.6) is 0 Å². The molecule has 1 aromatic heterocycles. The number of hydrogen-bond donors (Lipinski definition) is 2. The van der Waals surface area contributed by atoms with Crippen molar-refractivity contribution < 1.29 is 9.90 Å². The van der Waals surface area contributed by atoms with Gasteiger partial charge < -0.3 is 10.4 Å². The van der Waals surface area contributed by atoms with E-state index in [0.29, 0.717) is 5.82 Å². The van der Waals surface area contributed by atoms with Crippen LogP contribution in [0.15, 0.2) is 18.3 Å². The van der Waals surface area contributed by atoms with E-state index in [9.17, 15) is 4.79 Å². The van der Waals surface area contributed by atoms with E-state index >= 15 is 0 Å². The number of carbonyl (C=O) groups excluding carboxylic acids is 1. The Morgan fingerprint density at radius 1 is 1.25 bits per heavy atom. The van der Waals surface area contributed by atoms with Gasteiger partial charge in [0.2, 0.25) is 5.91 Å².